The number of carbonyl (C=O) groups excluding carboxylic acids is 3. The molecule has 0 spiro atoms. The number of amides is 1. The number of carbonyl (C=O) groups is 3. The molecule has 0 atom stereocenters. The second-order valence-electron chi connectivity index (χ2n) is 6.27. The van der Waals surface area contributed by atoms with E-state index in [4.69, 9.17) is 5.73 Å². The smallest absolute Gasteiger partial charge is 0.337 e. The van der Waals surface area contributed by atoms with Crippen LogP contribution in [0, 0.1) is 10.1 Å². The second-order valence-corrected chi connectivity index (χ2v) is 7.30. The summed E-state index contributed by atoms with van der Waals surface area (Å²) in [6.07, 6.45) is 0. The molecule has 0 fully saturated rings. The van der Waals surface area contributed by atoms with Crippen molar-refractivity contribution in [1.29, 1.82) is 0 Å². The molecule has 0 radical (unpaired) electrons. The first-order valence-corrected chi connectivity index (χ1v) is 9.69. The summed E-state index contributed by atoms with van der Waals surface area (Å²) in [5.41, 5.74) is 6.56. The summed E-state index contributed by atoms with van der Waals surface area (Å²) < 4.78 is 9.36. The average Bonchev–Trinajstić information content (AvgIpc) is 3.19. The monoisotopic (exact) mass is 456 g/mol. The Morgan fingerprint density at radius 1 is 1.03 bits per heavy atom. The molecule has 164 valence electrons. The molecule has 0 saturated carbocycles. The molecular formula is C20H16N4O7S. The van der Waals surface area contributed by atoms with Crippen molar-refractivity contribution in [2.45, 2.75) is 0 Å². The number of nitrogens with two attached hydrogens (primary N) is 1. The van der Waals surface area contributed by atoms with Crippen LogP contribution in [0.5, 0.6) is 0 Å². The van der Waals surface area contributed by atoms with Crippen LogP contribution in [0.1, 0.15) is 30.4 Å². The number of anilines is 2. The first kappa shape index (κ1) is 22.4. The highest BCUT2D eigenvalue weighted by Gasteiger charge is 2.21. The van der Waals surface area contributed by atoms with Crippen LogP contribution in [-0.2, 0) is 9.47 Å². The Morgan fingerprint density at radius 2 is 1.59 bits per heavy atom. The maximum atomic E-state index is 13.0. The number of esters is 2. The molecule has 3 N–H and O–H groups in total. The van der Waals surface area contributed by atoms with Crippen LogP contribution in [0.25, 0.3) is 11.3 Å². The van der Waals surface area contributed by atoms with Crippen LogP contribution in [-0.4, -0.2) is 42.0 Å². The first-order chi connectivity index (χ1) is 15.2. The summed E-state index contributed by atoms with van der Waals surface area (Å²) in [6, 6.07) is 9.44. The summed E-state index contributed by atoms with van der Waals surface area (Å²) >= 11 is 0.915. The van der Waals surface area contributed by atoms with E-state index in [1.54, 1.807) is 0 Å². The molecule has 0 aliphatic rings. The van der Waals surface area contributed by atoms with Gasteiger partial charge in [-0.05, 0) is 30.3 Å². The van der Waals surface area contributed by atoms with Gasteiger partial charge in [-0.15, -0.1) is 0 Å². The van der Waals surface area contributed by atoms with E-state index in [1.165, 1.54) is 56.7 Å². The molecule has 0 saturated heterocycles. The lowest BCUT2D eigenvalue weighted by Crippen LogP contribution is -2.14. The molecule has 0 aliphatic carbocycles. The molecule has 0 aliphatic heterocycles. The third kappa shape index (κ3) is 4.70. The van der Waals surface area contributed by atoms with Crippen molar-refractivity contribution < 1.29 is 28.8 Å². The number of methoxy groups -OCH3 is 2. The van der Waals surface area contributed by atoms with E-state index in [0.29, 0.717) is 5.56 Å². The minimum absolute atomic E-state index is 0.0325. The average molecular weight is 456 g/mol. The summed E-state index contributed by atoms with van der Waals surface area (Å²) in [7, 11) is 2.37. The lowest BCUT2D eigenvalue weighted by atomic mass is 10.1. The van der Waals surface area contributed by atoms with Crippen molar-refractivity contribution in [2.75, 3.05) is 25.3 Å². The third-order valence-corrected chi connectivity index (χ3v) is 5.12. The van der Waals surface area contributed by atoms with Crippen LogP contribution in [0.4, 0.5) is 16.5 Å². The summed E-state index contributed by atoms with van der Waals surface area (Å²) in [5.74, 6) is -2.02. The van der Waals surface area contributed by atoms with Gasteiger partial charge in [-0.3, -0.25) is 14.9 Å². The minimum atomic E-state index is -0.708. The van der Waals surface area contributed by atoms with E-state index in [-0.39, 0.29) is 38.2 Å². The molecule has 0 bridgehead atoms. The maximum Gasteiger partial charge on any atom is 0.337 e. The second kappa shape index (κ2) is 9.22. The zero-order valence-corrected chi connectivity index (χ0v) is 17.6. The Hall–Kier alpha value is -4.32. The van der Waals surface area contributed by atoms with Crippen molar-refractivity contribution in [2.24, 2.45) is 0 Å². The van der Waals surface area contributed by atoms with Crippen molar-refractivity contribution >= 4 is 45.7 Å². The molecule has 0 unspecified atom stereocenters. The van der Waals surface area contributed by atoms with Gasteiger partial charge in [0, 0.05) is 23.4 Å². The summed E-state index contributed by atoms with van der Waals surface area (Å²) in [6.45, 7) is 0. The highest BCUT2D eigenvalue weighted by atomic mass is 32.1. The van der Waals surface area contributed by atoms with Gasteiger partial charge < -0.3 is 20.5 Å². The van der Waals surface area contributed by atoms with Gasteiger partial charge in [0.2, 0.25) is 0 Å². The number of rotatable bonds is 6. The predicted molar refractivity (Wildman–Crippen MR) is 116 cm³/mol. The van der Waals surface area contributed by atoms with Gasteiger partial charge in [-0.2, -0.15) is 0 Å². The lowest BCUT2D eigenvalue weighted by Gasteiger charge is -2.09. The molecule has 3 aromatic rings. The maximum absolute atomic E-state index is 13.0. The molecular weight excluding hydrogens is 440 g/mol. The zero-order valence-electron chi connectivity index (χ0n) is 16.8. The molecule has 1 aromatic heterocycles. The number of nitrogens with one attached hydrogen (secondary N) is 1. The molecule has 12 heteroatoms. The van der Waals surface area contributed by atoms with Gasteiger partial charge in [0.15, 0.2) is 5.13 Å². The van der Waals surface area contributed by atoms with E-state index in [9.17, 15) is 24.5 Å². The fourth-order valence-electron chi connectivity index (χ4n) is 2.79. The fraction of sp³-hybridized carbons (Fsp3) is 0.100. The van der Waals surface area contributed by atoms with Crippen molar-refractivity contribution in [3.05, 3.63) is 68.6 Å². The van der Waals surface area contributed by atoms with E-state index >= 15 is 0 Å². The number of thiazole rings is 1. The number of nitrogens with zero attached hydrogens (tertiary/aromatic N) is 2. The van der Waals surface area contributed by atoms with Crippen LogP contribution in [0.3, 0.4) is 0 Å². The van der Waals surface area contributed by atoms with Crippen LogP contribution in [0.2, 0.25) is 0 Å². The number of nitrogen functional groups attached to an aromatic ring is 1. The Kier molecular flexibility index (Phi) is 6.45. The summed E-state index contributed by atoms with van der Waals surface area (Å²) in [4.78, 5) is 51.5. The van der Waals surface area contributed by atoms with Crippen LogP contribution >= 0.6 is 11.3 Å². The lowest BCUT2D eigenvalue weighted by molar-refractivity contribution is -0.384. The van der Waals surface area contributed by atoms with Crippen LogP contribution < -0.4 is 11.1 Å². The molecule has 32 heavy (non-hydrogen) atoms. The van der Waals surface area contributed by atoms with Gasteiger partial charge in [-0.1, -0.05) is 11.3 Å². The largest absolute Gasteiger partial charge is 0.465 e. The molecule has 2 aromatic carbocycles. The Balaban J connectivity index is 1.96. The van der Waals surface area contributed by atoms with Crippen molar-refractivity contribution in [1.82, 2.24) is 4.98 Å². The van der Waals surface area contributed by atoms with Crippen molar-refractivity contribution in [3.63, 3.8) is 0 Å². The van der Waals surface area contributed by atoms with E-state index < -0.39 is 22.8 Å². The van der Waals surface area contributed by atoms with Crippen molar-refractivity contribution in [3.8, 4) is 11.3 Å². The normalized spacial score (nSPS) is 10.3. The van der Waals surface area contributed by atoms with E-state index in [1.807, 2.05) is 0 Å². The first-order valence-electron chi connectivity index (χ1n) is 8.87. The molecule has 3 rings (SSSR count). The third-order valence-electron chi connectivity index (χ3n) is 4.23. The quantitative estimate of drug-likeness (QED) is 0.322. The van der Waals surface area contributed by atoms with Gasteiger partial charge in [-0.25, -0.2) is 14.6 Å². The Labute approximate surface area is 184 Å². The number of nitro groups is 1. The minimum Gasteiger partial charge on any atom is -0.465 e. The van der Waals surface area contributed by atoms with Gasteiger partial charge >= 0.3 is 11.9 Å². The Morgan fingerprint density at radius 3 is 2.09 bits per heavy atom. The number of ether oxygens (including phenoxy) is 2. The highest BCUT2D eigenvalue weighted by molar-refractivity contribution is 7.17. The molecule has 11 nitrogen and oxygen atoms in total. The summed E-state index contributed by atoms with van der Waals surface area (Å²) in [5, 5.41) is 13.6. The highest BCUT2D eigenvalue weighted by Crippen LogP contribution is 2.31. The predicted octanol–water partition coefficient (Wildman–Crippen LogP) is 3.13. The number of non-ortho nitro benzene ring substituents is 1. The SMILES string of the molecule is COC(=O)c1cc(NC(=O)c2sc(N)nc2-c2ccc([N+](=O)[O-])cc2)cc(C(=O)OC)c1. The number of benzene rings is 2. The topological polar surface area (TPSA) is 164 Å². The molecule has 1 heterocycles. The van der Waals surface area contributed by atoms with E-state index in [2.05, 4.69) is 19.8 Å². The number of nitro benzene ring substituents is 1. The standard InChI is InChI=1S/C20H16N4O7S/c1-30-18(26)11-7-12(19(27)31-2)9-13(8-11)22-17(25)16-15(23-20(21)32-16)10-3-5-14(6-4-10)24(28)29/h3-9H,1-2H3,(H2,21,23)(H,22,25). The fourth-order valence-corrected chi connectivity index (χ4v) is 3.54. The Bertz CT molecular complexity index is 1190. The molecule has 1 amide bonds. The zero-order chi connectivity index (χ0) is 23.4. The van der Waals surface area contributed by atoms with E-state index in [0.717, 1.165) is 11.3 Å². The van der Waals surface area contributed by atoms with Gasteiger partial charge in [0.25, 0.3) is 11.6 Å². The van der Waals surface area contributed by atoms with Gasteiger partial charge in [0.05, 0.1) is 36.0 Å². The number of hydrogen-bond donors (Lipinski definition) is 2. The van der Waals surface area contributed by atoms with Crippen LogP contribution in [0.15, 0.2) is 42.5 Å². The number of aromatic nitrogens is 1. The van der Waals surface area contributed by atoms with Gasteiger partial charge in [0.1, 0.15) is 4.88 Å². The number of hydrogen-bond acceptors (Lipinski definition) is 10.